The first-order valence-corrected chi connectivity index (χ1v) is 7.07. The Morgan fingerprint density at radius 1 is 1.30 bits per heavy atom. The van der Waals surface area contributed by atoms with Crippen LogP contribution in [0, 0.1) is 17.0 Å². The van der Waals surface area contributed by atoms with Crippen LogP contribution in [0.2, 0.25) is 5.02 Å². The molecule has 0 bridgehead atoms. The van der Waals surface area contributed by atoms with Crippen LogP contribution in [0.25, 0.3) is 0 Å². The van der Waals surface area contributed by atoms with Gasteiger partial charge in [0.15, 0.2) is 0 Å². The van der Waals surface area contributed by atoms with Crippen molar-refractivity contribution in [1.82, 2.24) is 0 Å². The maximum atomic E-state index is 10.8. The Morgan fingerprint density at radius 3 is 2.70 bits per heavy atom. The van der Waals surface area contributed by atoms with Crippen molar-refractivity contribution in [2.24, 2.45) is 0 Å². The number of hydrogen-bond acceptors (Lipinski definition) is 3. The van der Waals surface area contributed by atoms with Gasteiger partial charge in [-0.05, 0) is 36.2 Å². The second-order valence-corrected chi connectivity index (χ2v) is 5.62. The molecule has 0 aliphatic rings. The Balaban J connectivity index is 2.12. The van der Waals surface area contributed by atoms with Crippen molar-refractivity contribution in [3.05, 3.63) is 67.1 Å². The van der Waals surface area contributed by atoms with Crippen LogP contribution in [0.4, 0.5) is 11.4 Å². The maximum absolute atomic E-state index is 10.8. The lowest BCUT2D eigenvalue weighted by Crippen LogP contribution is -2.00. The number of halogens is 2. The smallest absolute Gasteiger partial charge is 0.288 e. The fourth-order valence-electron chi connectivity index (χ4n) is 1.72. The van der Waals surface area contributed by atoms with Gasteiger partial charge in [-0.2, -0.15) is 0 Å². The Hall–Kier alpha value is -1.59. The molecule has 0 aliphatic heterocycles. The highest BCUT2D eigenvalue weighted by atomic mass is 79.9. The minimum atomic E-state index is -0.478. The number of anilines is 1. The Morgan fingerprint density at radius 2 is 2.05 bits per heavy atom. The van der Waals surface area contributed by atoms with Gasteiger partial charge < -0.3 is 5.32 Å². The van der Waals surface area contributed by atoms with Crippen molar-refractivity contribution >= 4 is 38.9 Å². The first kappa shape index (κ1) is 14.8. The lowest BCUT2D eigenvalue weighted by atomic mass is 10.2. The maximum Gasteiger partial charge on any atom is 0.288 e. The number of nitro groups is 1. The van der Waals surface area contributed by atoms with Crippen molar-refractivity contribution in [1.29, 1.82) is 0 Å². The van der Waals surface area contributed by atoms with Gasteiger partial charge in [-0.15, -0.1) is 0 Å². The summed E-state index contributed by atoms with van der Waals surface area (Å²) in [6.45, 7) is 2.50. The van der Waals surface area contributed by atoms with E-state index in [1.807, 2.05) is 25.1 Å². The van der Waals surface area contributed by atoms with Crippen LogP contribution in [-0.2, 0) is 6.54 Å². The molecule has 0 spiro atoms. The second kappa shape index (κ2) is 6.24. The van der Waals surface area contributed by atoms with Gasteiger partial charge in [0, 0.05) is 22.8 Å². The summed E-state index contributed by atoms with van der Waals surface area (Å²) in [5.74, 6) is 0. The largest absolute Gasteiger partial charge is 0.381 e. The predicted octanol–water partition coefficient (Wildman–Crippen LogP) is 4.93. The number of benzene rings is 2. The zero-order valence-electron chi connectivity index (χ0n) is 10.7. The summed E-state index contributed by atoms with van der Waals surface area (Å²) in [6.07, 6.45) is 0. The highest BCUT2D eigenvalue weighted by molar-refractivity contribution is 9.10. The molecule has 0 saturated carbocycles. The molecule has 0 fully saturated rings. The summed E-state index contributed by atoms with van der Waals surface area (Å²) in [4.78, 5) is 10.3. The molecule has 2 rings (SSSR count). The van der Waals surface area contributed by atoms with E-state index in [0.29, 0.717) is 6.54 Å². The molecular formula is C14H12BrClN2O2. The average Bonchev–Trinajstić information content (AvgIpc) is 2.41. The zero-order valence-corrected chi connectivity index (χ0v) is 13.0. The van der Waals surface area contributed by atoms with Gasteiger partial charge >= 0.3 is 0 Å². The third-order valence-corrected chi connectivity index (χ3v) is 4.05. The summed E-state index contributed by atoms with van der Waals surface area (Å²) < 4.78 is 1.02. The number of rotatable bonds is 4. The molecular weight excluding hydrogens is 344 g/mol. The molecule has 6 heteroatoms. The molecule has 4 nitrogen and oxygen atoms in total. The molecule has 2 aromatic rings. The quantitative estimate of drug-likeness (QED) is 0.625. The van der Waals surface area contributed by atoms with E-state index in [1.165, 1.54) is 6.07 Å². The third-order valence-electron chi connectivity index (χ3n) is 2.88. The van der Waals surface area contributed by atoms with E-state index in [4.69, 9.17) is 11.6 Å². The predicted molar refractivity (Wildman–Crippen MR) is 84.3 cm³/mol. The molecule has 0 aliphatic carbocycles. The lowest BCUT2D eigenvalue weighted by molar-refractivity contribution is -0.384. The molecule has 0 radical (unpaired) electrons. The highest BCUT2D eigenvalue weighted by Gasteiger charge is 2.12. The first-order valence-electron chi connectivity index (χ1n) is 5.90. The van der Waals surface area contributed by atoms with Crippen molar-refractivity contribution in [3.8, 4) is 0 Å². The molecule has 0 aromatic heterocycles. The topological polar surface area (TPSA) is 55.2 Å². The minimum absolute atomic E-state index is 0.0731. The number of nitro benzene ring substituents is 1. The molecule has 0 amide bonds. The summed E-state index contributed by atoms with van der Waals surface area (Å²) in [5.41, 5.74) is 2.83. The van der Waals surface area contributed by atoms with Crippen molar-refractivity contribution in [2.45, 2.75) is 13.5 Å². The molecule has 104 valence electrons. The fourth-order valence-corrected chi connectivity index (χ4v) is 2.28. The highest BCUT2D eigenvalue weighted by Crippen LogP contribution is 2.26. The van der Waals surface area contributed by atoms with Crippen LogP contribution in [-0.4, -0.2) is 4.92 Å². The van der Waals surface area contributed by atoms with Crippen LogP contribution < -0.4 is 5.32 Å². The first-order chi connectivity index (χ1) is 9.47. The molecule has 20 heavy (non-hydrogen) atoms. The Labute approximate surface area is 130 Å². The van der Waals surface area contributed by atoms with E-state index in [2.05, 4.69) is 21.2 Å². The van der Waals surface area contributed by atoms with Crippen LogP contribution in [0.1, 0.15) is 11.1 Å². The summed E-state index contributed by atoms with van der Waals surface area (Å²) in [7, 11) is 0. The lowest BCUT2D eigenvalue weighted by Gasteiger charge is -2.08. The van der Waals surface area contributed by atoms with Crippen molar-refractivity contribution in [2.75, 3.05) is 5.32 Å². The van der Waals surface area contributed by atoms with Gasteiger partial charge in [0.1, 0.15) is 5.02 Å². The molecule has 1 N–H and O–H groups in total. The second-order valence-electron chi connectivity index (χ2n) is 4.36. The normalized spacial score (nSPS) is 10.3. The van der Waals surface area contributed by atoms with Gasteiger partial charge in [0.2, 0.25) is 0 Å². The monoisotopic (exact) mass is 354 g/mol. The van der Waals surface area contributed by atoms with E-state index >= 15 is 0 Å². The minimum Gasteiger partial charge on any atom is -0.381 e. The average molecular weight is 356 g/mol. The Kier molecular flexibility index (Phi) is 4.62. The van der Waals surface area contributed by atoms with E-state index in [1.54, 1.807) is 12.1 Å². The summed E-state index contributed by atoms with van der Waals surface area (Å²) in [6, 6.07) is 10.7. The van der Waals surface area contributed by atoms with Gasteiger partial charge in [0.25, 0.3) is 5.69 Å². The standard InChI is InChI=1S/C14H12BrClN2O2/c1-9-2-4-11(7-12(9)15)17-8-10-3-5-13(16)14(6-10)18(19)20/h2-7,17H,8H2,1H3. The molecule has 2 aromatic carbocycles. The van der Waals surface area contributed by atoms with Gasteiger partial charge in [0.05, 0.1) is 4.92 Å². The van der Waals surface area contributed by atoms with E-state index in [9.17, 15) is 10.1 Å². The van der Waals surface area contributed by atoms with Crippen molar-refractivity contribution in [3.63, 3.8) is 0 Å². The number of hydrogen-bond donors (Lipinski definition) is 1. The molecule has 0 atom stereocenters. The Bertz CT molecular complexity index is 662. The molecule has 0 heterocycles. The van der Waals surface area contributed by atoms with Gasteiger partial charge in [-0.3, -0.25) is 10.1 Å². The number of nitrogens with zero attached hydrogens (tertiary/aromatic N) is 1. The van der Waals surface area contributed by atoms with E-state index in [0.717, 1.165) is 21.3 Å². The summed E-state index contributed by atoms with van der Waals surface area (Å²) >= 11 is 9.24. The fraction of sp³-hybridized carbons (Fsp3) is 0.143. The van der Waals surface area contributed by atoms with E-state index < -0.39 is 4.92 Å². The summed E-state index contributed by atoms with van der Waals surface area (Å²) in [5, 5.41) is 14.2. The van der Waals surface area contributed by atoms with Crippen LogP contribution in [0.5, 0.6) is 0 Å². The number of nitrogens with one attached hydrogen (secondary N) is 1. The van der Waals surface area contributed by atoms with Gasteiger partial charge in [-0.1, -0.05) is 39.7 Å². The SMILES string of the molecule is Cc1ccc(NCc2ccc(Cl)c([N+](=O)[O-])c2)cc1Br. The molecule has 0 saturated heterocycles. The van der Waals surface area contributed by atoms with Crippen LogP contribution in [0.3, 0.4) is 0 Å². The van der Waals surface area contributed by atoms with Crippen LogP contribution in [0.15, 0.2) is 40.9 Å². The van der Waals surface area contributed by atoms with Gasteiger partial charge in [-0.25, -0.2) is 0 Å². The third kappa shape index (κ3) is 3.49. The number of aryl methyl sites for hydroxylation is 1. The van der Waals surface area contributed by atoms with E-state index in [-0.39, 0.29) is 10.7 Å². The van der Waals surface area contributed by atoms with Crippen LogP contribution >= 0.6 is 27.5 Å². The van der Waals surface area contributed by atoms with Crippen molar-refractivity contribution < 1.29 is 4.92 Å². The zero-order chi connectivity index (χ0) is 14.7. The molecule has 0 unspecified atom stereocenters.